The van der Waals surface area contributed by atoms with Crippen LogP contribution in [0, 0.1) is 17.0 Å². The van der Waals surface area contributed by atoms with E-state index in [0.29, 0.717) is 22.2 Å². The molecule has 0 fully saturated rings. The highest BCUT2D eigenvalue weighted by atomic mass is 32.2. The largest absolute Gasteiger partial charge is 0.349 e. The van der Waals surface area contributed by atoms with E-state index < -0.39 is 4.92 Å². The minimum atomic E-state index is -0.487. The van der Waals surface area contributed by atoms with Crippen LogP contribution in [0.4, 0.5) is 11.4 Å². The number of nitro benzene ring substituents is 1. The zero-order valence-corrected chi connectivity index (χ0v) is 18.4. The first kappa shape index (κ1) is 22.9. The summed E-state index contributed by atoms with van der Waals surface area (Å²) in [6.07, 6.45) is 0.275. The highest BCUT2D eigenvalue weighted by Crippen LogP contribution is 2.23. The van der Waals surface area contributed by atoms with Gasteiger partial charge in [-0.2, -0.15) is 0 Å². The third-order valence-electron chi connectivity index (χ3n) is 4.60. The Labute approximate surface area is 188 Å². The van der Waals surface area contributed by atoms with Crippen molar-refractivity contribution in [3.63, 3.8) is 0 Å². The van der Waals surface area contributed by atoms with Gasteiger partial charge in [-0.25, -0.2) is 0 Å². The second kappa shape index (κ2) is 10.5. The average molecular weight is 455 g/mol. The maximum absolute atomic E-state index is 12.2. The van der Waals surface area contributed by atoms with Crippen LogP contribution in [-0.4, -0.2) is 37.3 Å². The summed E-state index contributed by atoms with van der Waals surface area (Å²) in [5.74, 6) is 0.158. The molecule has 1 heterocycles. The number of amides is 2. The maximum Gasteiger partial charge on any atom is 0.274 e. The number of nitrogens with zero attached hydrogens (tertiary/aromatic N) is 4. The number of carbonyl (C=O) groups is 2. The molecule has 0 atom stereocenters. The third-order valence-corrected chi connectivity index (χ3v) is 5.62. The normalized spacial score (nSPS) is 10.6. The molecule has 10 nitrogen and oxygen atoms in total. The number of benzene rings is 2. The van der Waals surface area contributed by atoms with Crippen LogP contribution in [0.15, 0.2) is 53.7 Å². The number of hydrogen-bond donors (Lipinski definition) is 2. The number of carbonyl (C=O) groups excluding carboxylic acids is 2. The fourth-order valence-electron chi connectivity index (χ4n) is 2.86. The van der Waals surface area contributed by atoms with E-state index in [1.165, 1.54) is 17.8 Å². The summed E-state index contributed by atoms with van der Waals surface area (Å²) in [6.45, 7) is 1.85. The van der Waals surface area contributed by atoms with Gasteiger partial charge >= 0.3 is 0 Å². The topological polar surface area (TPSA) is 132 Å². The lowest BCUT2D eigenvalue weighted by Crippen LogP contribution is -2.26. The second-order valence-corrected chi connectivity index (χ2v) is 7.93. The van der Waals surface area contributed by atoms with Gasteiger partial charge < -0.3 is 15.2 Å². The van der Waals surface area contributed by atoms with E-state index >= 15 is 0 Å². The molecule has 0 radical (unpaired) electrons. The maximum atomic E-state index is 12.2. The first-order chi connectivity index (χ1) is 15.3. The Morgan fingerprint density at radius 3 is 2.59 bits per heavy atom. The zero-order chi connectivity index (χ0) is 23.1. The third kappa shape index (κ3) is 6.14. The molecular weight excluding hydrogens is 432 g/mol. The van der Waals surface area contributed by atoms with Gasteiger partial charge in [0.1, 0.15) is 0 Å². The Morgan fingerprint density at radius 2 is 1.88 bits per heavy atom. The zero-order valence-electron chi connectivity index (χ0n) is 17.6. The van der Waals surface area contributed by atoms with Crippen LogP contribution in [-0.2, 0) is 29.6 Å². The van der Waals surface area contributed by atoms with E-state index in [9.17, 15) is 19.7 Å². The Kier molecular flexibility index (Phi) is 7.55. The predicted octanol–water partition coefficient (Wildman–Crippen LogP) is 2.62. The molecule has 0 spiro atoms. The molecule has 0 aliphatic rings. The van der Waals surface area contributed by atoms with Gasteiger partial charge in [-0.1, -0.05) is 48.2 Å². The Hall–Kier alpha value is -3.73. The van der Waals surface area contributed by atoms with Crippen LogP contribution < -0.4 is 10.6 Å². The van der Waals surface area contributed by atoms with Gasteiger partial charge in [0.25, 0.3) is 5.69 Å². The van der Waals surface area contributed by atoms with Crippen LogP contribution in [0.1, 0.15) is 17.0 Å². The molecule has 0 saturated carbocycles. The summed E-state index contributed by atoms with van der Waals surface area (Å²) >= 11 is 1.18. The van der Waals surface area contributed by atoms with Crippen LogP contribution in [0.25, 0.3) is 0 Å². The van der Waals surface area contributed by atoms with Crippen molar-refractivity contribution in [1.82, 2.24) is 20.1 Å². The van der Waals surface area contributed by atoms with E-state index in [1.54, 1.807) is 30.7 Å². The summed E-state index contributed by atoms with van der Waals surface area (Å²) in [6, 6.07) is 14.0. The van der Waals surface area contributed by atoms with Crippen LogP contribution in [0.2, 0.25) is 0 Å². The summed E-state index contributed by atoms with van der Waals surface area (Å²) < 4.78 is 1.71. The number of thioether (sulfide) groups is 1. The molecule has 0 saturated heterocycles. The van der Waals surface area contributed by atoms with E-state index in [2.05, 4.69) is 20.8 Å². The summed E-state index contributed by atoms with van der Waals surface area (Å²) in [4.78, 5) is 34.9. The molecule has 11 heteroatoms. The van der Waals surface area contributed by atoms with Crippen molar-refractivity contribution in [3.05, 3.63) is 75.6 Å². The standard InChI is InChI=1S/C21H22N6O4S/c1-14-8-9-16(11-17(14)27(30)31)23-20(29)13-32-21-25-24-18(26(21)2)12-22-19(28)10-15-6-4-3-5-7-15/h3-9,11H,10,12-13H2,1-2H3,(H,22,28)(H,23,29). The minimum Gasteiger partial charge on any atom is -0.349 e. The van der Waals surface area contributed by atoms with Crippen LogP contribution in [0.5, 0.6) is 0 Å². The van der Waals surface area contributed by atoms with Crippen molar-refractivity contribution in [2.24, 2.45) is 7.05 Å². The summed E-state index contributed by atoms with van der Waals surface area (Å²) in [5, 5.41) is 25.1. The van der Waals surface area contributed by atoms with E-state index in [0.717, 1.165) is 5.56 Å². The fraction of sp³-hybridized carbons (Fsp3) is 0.238. The second-order valence-electron chi connectivity index (χ2n) is 6.99. The van der Waals surface area contributed by atoms with Crippen molar-refractivity contribution in [2.75, 3.05) is 11.1 Å². The molecule has 0 bridgehead atoms. The summed E-state index contributed by atoms with van der Waals surface area (Å²) in [5.41, 5.74) is 1.74. The number of nitrogens with one attached hydrogen (secondary N) is 2. The van der Waals surface area contributed by atoms with Gasteiger partial charge in [-0.05, 0) is 18.6 Å². The van der Waals surface area contributed by atoms with E-state index in [1.807, 2.05) is 30.3 Å². The molecule has 3 aromatic rings. The molecule has 2 N–H and O–H groups in total. The number of aryl methyl sites for hydroxylation is 1. The average Bonchev–Trinajstić information content (AvgIpc) is 3.12. The first-order valence-electron chi connectivity index (χ1n) is 9.70. The van der Waals surface area contributed by atoms with Gasteiger partial charge in [-0.3, -0.25) is 19.7 Å². The minimum absolute atomic E-state index is 0.0496. The molecule has 0 unspecified atom stereocenters. The number of rotatable bonds is 9. The molecule has 0 aliphatic carbocycles. The molecule has 3 rings (SSSR count). The van der Waals surface area contributed by atoms with Crippen molar-refractivity contribution in [3.8, 4) is 0 Å². The fourth-order valence-corrected chi connectivity index (χ4v) is 3.59. The SMILES string of the molecule is Cc1ccc(NC(=O)CSc2nnc(CNC(=O)Cc3ccccc3)n2C)cc1[N+](=O)[O-]. The van der Waals surface area contributed by atoms with E-state index in [-0.39, 0.29) is 36.2 Å². The van der Waals surface area contributed by atoms with Crippen molar-refractivity contribution in [2.45, 2.75) is 25.0 Å². The quantitative estimate of drug-likeness (QED) is 0.288. The molecule has 166 valence electrons. The molecule has 32 heavy (non-hydrogen) atoms. The monoisotopic (exact) mass is 454 g/mol. The summed E-state index contributed by atoms with van der Waals surface area (Å²) in [7, 11) is 1.75. The Bertz CT molecular complexity index is 1130. The predicted molar refractivity (Wildman–Crippen MR) is 120 cm³/mol. The lowest BCUT2D eigenvalue weighted by molar-refractivity contribution is -0.385. The van der Waals surface area contributed by atoms with Crippen molar-refractivity contribution >= 4 is 35.0 Å². The van der Waals surface area contributed by atoms with Crippen LogP contribution in [0.3, 0.4) is 0 Å². The molecule has 2 amide bonds. The molecule has 1 aromatic heterocycles. The Morgan fingerprint density at radius 1 is 1.12 bits per heavy atom. The molecule has 0 aliphatic heterocycles. The van der Waals surface area contributed by atoms with Crippen molar-refractivity contribution < 1.29 is 14.5 Å². The van der Waals surface area contributed by atoms with E-state index in [4.69, 9.17) is 0 Å². The van der Waals surface area contributed by atoms with Gasteiger partial charge in [0.15, 0.2) is 11.0 Å². The lowest BCUT2D eigenvalue weighted by atomic mass is 10.1. The molecule has 2 aromatic carbocycles. The first-order valence-corrected chi connectivity index (χ1v) is 10.7. The van der Waals surface area contributed by atoms with Crippen molar-refractivity contribution in [1.29, 1.82) is 0 Å². The lowest BCUT2D eigenvalue weighted by Gasteiger charge is -2.07. The smallest absolute Gasteiger partial charge is 0.274 e. The van der Waals surface area contributed by atoms with Gasteiger partial charge in [0, 0.05) is 24.4 Å². The van der Waals surface area contributed by atoms with Gasteiger partial charge in [0.2, 0.25) is 11.8 Å². The number of aromatic nitrogens is 3. The highest BCUT2D eigenvalue weighted by molar-refractivity contribution is 7.99. The van der Waals surface area contributed by atoms with Gasteiger partial charge in [0.05, 0.1) is 23.6 Å². The number of hydrogen-bond acceptors (Lipinski definition) is 7. The Balaban J connectivity index is 1.50. The number of anilines is 1. The number of nitro groups is 1. The van der Waals surface area contributed by atoms with Crippen LogP contribution >= 0.6 is 11.8 Å². The molecular formula is C21H22N6O4S. The van der Waals surface area contributed by atoms with Gasteiger partial charge in [-0.15, -0.1) is 10.2 Å². The highest BCUT2D eigenvalue weighted by Gasteiger charge is 2.15.